The smallest absolute Gasteiger partial charge is 0.175 e. The van der Waals surface area contributed by atoms with Crippen molar-refractivity contribution in [2.45, 2.75) is 4.90 Å². The normalized spacial score (nSPS) is 11.4. The van der Waals surface area contributed by atoms with Gasteiger partial charge in [0.15, 0.2) is 9.84 Å². The zero-order chi connectivity index (χ0) is 16.4. The minimum Gasteiger partial charge on any atom is -0.248 e. The summed E-state index contributed by atoms with van der Waals surface area (Å²) in [6.07, 6.45) is 1.19. The Bertz CT molecular complexity index is 954. The van der Waals surface area contributed by atoms with Gasteiger partial charge in [-0.2, -0.15) is 0 Å². The van der Waals surface area contributed by atoms with Crippen molar-refractivity contribution in [3.05, 3.63) is 71.8 Å². The van der Waals surface area contributed by atoms with E-state index in [0.717, 1.165) is 11.1 Å². The van der Waals surface area contributed by atoms with E-state index >= 15 is 0 Å². The summed E-state index contributed by atoms with van der Waals surface area (Å²) in [6, 6.07) is 19.9. The minimum absolute atomic E-state index is 0.237. The third-order valence-electron chi connectivity index (χ3n) is 3.42. The van der Waals surface area contributed by atoms with Crippen LogP contribution in [0.3, 0.4) is 0 Å². The fourth-order valence-electron chi connectivity index (χ4n) is 2.27. The molecule has 0 spiro atoms. The third-order valence-corrected chi connectivity index (χ3v) is 4.74. The predicted molar refractivity (Wildman–Crippen MR) is 93.2 cm³/mol. The number of rotatable bonds is 3. The van der Waals surface area contributed by atoms with Crippen LogP contribution in [0.2, 0.25) is 5.02 Å². The van der Waals surface area contributed by atoms with E-state index < -0.39 is 9.84 Å². The van der Waals surface area contributed by atoms with Gasteiger partial charge >= 0.3 is 0 Å². The Hall–Kier alpha value is -2.17. The van der Waals surface area contributed by atoms with Crippen LogP contribution < -0.4 is 0 Å². The summed E-state index contributed by atoms with van der Waals surface area (Å²) in [7, 11) is -3.35. The fraction of sp³-hybridized carbons (Fsp3) is 0.0556. The lowest BCUT2D eigenvalue weighted by Crippen LogP contribution is -2.00. The molecule has 23 heavy (non-hydrogen) atoms. The highest BCUT2D eigenvalue weighted by molar-refractivity contribution is 7.90. The summed E-state index contributed by atoms with van der Waals surface area (Å²) < 4.78 is 24.0. The van der Waals surface area contributed by atoms with Crippen LogP contribution in [0.1, 0.15) is 0 Å². The van der Waals surface area contributed by atoms with E-state index in [1.165, 1.54) is 6.26 Å². The van der Waals surface area contributed by atoms with Crippen LogP contribution in [0.4, 0.5) is 0 Å². The number of benzene rings is 2. The van der Waals surface area contributed by atoms with Gasteiger partial charge in [0, 0.05) is 22.4 Å². The first-order valence-corrected chi connectivity index (χ1v) is 9.24. The largest absolute Gasteiger partial charge is 0.248 e. The monoisotopic (exact) mass is 343 g/mol. The average molecular weight is 344 g/mol. The number of hydrogen-bond acceptors (Lipinski definition) is 3. The Balaban J connectivity index is 2.24. The van der Waals surface area contributed by atoms with Gasteiger partial charge in [-0.05, 0) is 24.3 Å². The Labute approximate surface area is 140 Å². The third kappa shape index (κ3) is 3.60. The van der Waals surface area contributed by atoms with E-state index in [4.69, 9.17) is 11.6 Å². The van der Waals surface area contributed by atoms with E-state index in [1.807, 2.05) is 42.5 Å². The molecule has 0 saturated heterocycles. The maximum Gasteiger partial charge on any atom is 0.175 e. The van der Waals surface area contributed by atoms with E-state index in [0.29, 0.717) is 16.4 Å². The zero-order valence-electron chi connectivity index (χ0n) is 12.4. The van der Waals surface area contributed by atoms with Gasteiger partial charge in [0.25, 0.3) is 0 Å². The molecule has 0 N–H and O–H groups in total. The highest BCUT2D eigenvalue weighted by Crippen LogP contribution is 2.28. The Morgan fingerprint density at radius 2 is 1.43 bits per heavy atom. The fourth-order valence-corrected chi connectivity index (χ4v) is 3.11. The second-order valence-electron chi connectivity index (χ2n) is 5.22. The van der Waals surface area contributed by atoms with E-state index in [2.05, 4.69) is 4.98 Å². The summed E-state index contributed by atoms with van der Waals surface area (Å²) in [6.45, 7) is 0. The molecule has 2 aromatic carbocycles. The average Bonchev–Trinajstić information content (AvgIpc) is 2.54. The molecule has 0 atom stereocenters. The zero-order valence-corrected chi connectivity index (χ0v) is 14.0. The summed E-state index contributed by atoms with van der Waals surface area (Å²) in [5.74, 6) is 0. The van der Waals surface area contributed by atoms with Gasteiger partial charge < -0.3 is 0 Å². The van der Waals surface area contributed by atoms with Crippen molar-refractivity contribution >= 4 is 21.4 Å². The van der Waals surface area contributed by atoms with Crippen LogP contribution >= 0.6 is 11.6 Å². The van der Waals surface area contributed by atoms with E-state index in [-0.39, 0.29) is 4.90 Å². The van der Waals surface area contributed by atoms with Crippen molar-refractivity contribution in [2.24, 2.45) is 0 Å². The molecule has 0 radical (unpaired) electrons. The molecule has 0 aliphatic heterocycles. The van der Waals surface area contributed by atoms with E-state index in [9.17, 15) is 8.42 Å². The molecule has 3 nitrogen and oxygen atoms in total. The number of nitrogens with zero attached hydrogens (tertiary/aromatic N) is 1. The molecule has 0 unspecified atom stereocenters. The van der Waals surface area contributed by atoms with Crippen molar-refractivity contribution in [1.29, 1.82) is 0 Å². The number of halogens is 1. The number of aromatic nitrogens is 1. The van der Waals surface area contributed by atoms with Crippen LogP contribution in [-0.4, -0.2) is 19.7 Å². The van der Waals surface area contributed by atoms with Gasteiger partial charge in [0.05, 0.1) is 16.3 Å². The molecule has 0 amide bonds. The van der Waals surface area contributed by atoms with Gasteiger partial charge in [0.1, 0.15) is 0 Å². The molecule has 0 fully saturated rings. The van der Waals surface area contributed by atoms with Crippen LogP contribution in [0.25, 0.3) is 22.5 Å². The predicted octanol–water partition coefficient (Wildman–Crippen LogP) is 4.47. The SMILES string of the molecule is CS(=O)(=O)c1cc(-c2ccccc2)nc(-c2cccc(Cl)c2)c1. The van der Waals surface area contributed by atoms with Gasteiger partial charge in [-0.1, -0.05) is 54.1 Å². The molecular formula is C18H14ClNO2S. The van der Waals surface area contributed by atoms with Crippen molar-refractivity contribution in [3.8, 4) is 22.5 Å². The number of sulfone groups is 1. The lowest BCUT2D eigenvalue weighted by Gasteiger charge is -2.09. The Morgan fingerprint density at radius 3 is 2.04 bits per heavy atom. The van der Waals surface area contributed by atoms with E-state index in [1.54, 1.807) is 24.3 Å². The molecular weight excluding hydrogens is 330 g/mol. The molecule has 0 aliphatic rings. The molecule has 5 heteroatoms. The molecule has 116 valence electrons. The molecule has 1 heterocycles. The first-order valence-electron chi connectivity index (χ1n) is 6.97. The minimum atomic E-state index is -3.35. The second kappa shape index (κ2) is 6.14. The molecule has 3 aromatic rings. The number of pyridine rings is 1. The van der Waals surface area contributed by atoms with Crippen LogP contribution in [0.5, 0.6) is 0 Å². The summed E-state index contributed by atoms with van der Waals surface area (Å²) >= 11 is 6.04. The summed E-state index contributed by atoms with van der Waals surface area (Å²) in [5.41, 5.74) is 2.83. The van der Waals surface area contributed by atoms with Crippen molar-refractivity contribution < 1.29 is 8.42 Å². The highest BCUT2D eigenvalue weighted by atomic mass is 35.5. The maximum atomic E-state index is 12.0. The first-order chi connectivity index (χ1) is 10.9. The standard InChI is InChI=1S/C18H14ClNO2S/c1-23(21,22)16-11-17(13-6-3-2-4-7-13)20-18(12-16)14-8-5-9-15(19)10-14/h2-12H,1H3. The maximum absolute atomic E-state index is 12.0. The van der Waals surface area contributed by atoms with Gasteiger partial charge in [-0.3, -0.25) is 0 Å². The quantitative estimate of drug-likeness (QED) is 0.704. The second-order valence-corrected chi connectivity index (χ2v) is 7.67. The summed E-state index contributed by atoms with van der Waals surface area (Å²) in [5, 5.41) is 0.579. The highest BCUT2D eigenvalue weighted by Gasteiger charge is 2.13. The lowest BCUT2D eigenvalue weighted by atomic mass is 10.1. The van der Waals surface area contributed by atoms with Crippen molar-refractivity contribution in [1.82, 2.24) is 4.98 Å². The molecule has 1 aromatic heterocycles. The summed E-state index contributed by atoms with van der Waals surface area (Å²) in [4.78, 5) is 4.84. The number of hydrogen-bond donors (Lipinski definition) is 0. The molecule has 0 bridgehead atoms. The van der Waals surface area contributed by atoms with Crippen molar-refractivity contribution in [2.75, 3.05) is 6.26 Å². The Kier molecular flexibility index (Phi) is 4.20. The molecule has 0 saturated carbocycles. The topological polar surface area (TPSA) is 47.0 Å². The Morgan fingerprint density at radius 1 is 0.826 bits per heavy atom. The molecule has 0 aliphatic carbocycles. The lowest BCUT2D eigenvalue weighted by molar-refractivity contribution is 0.602. The molecule has 3 rings (SSSR count). The van der Waals surface area contributed by atoms with Crippen LogP contribution in [0, 0.1) is 0 Å². The van der Waals surface area contributed by atoms with Crippen molar-refractivity contribution in [3.63, 3.8) is 0 Å². The van der Waals surface area contributed by atoms with Crippen LogP contribution in [0.15, 0.2) is 71.6 Å². The van der Waals surface area contributed by atoms with Gasteiger partial charge in [-0.15, -0.1) is 0 Å². The van der Waals surface area contributed by atoms with Gasteiger partial charge in [-0.25, -0.2) is 13.4 Å². The van der Waals surface area contributed by atoms with Crippen LogP contribution in [-0.2, 0) is 9.84 Å². The first kappa shape index (κ1) is 15.7. The van der Waals surface area contributed by atoms with Gasteiger partial charge in [0.2, 0.25) is 0 Å².